The zero-order chi connectivity index (χ0) is 12.5. The molecule has 0 atom stereocenters. The maximum atomic E-state index is 13.0. The summed E-state index contributed by atoms with van der Waals surface area (Å²) in [6.45, 7) is 0. The molecular weight excluding hydrogens is 243 g/mol. The molecule has 0 aliphatic carbocycles. The highest BCUT2D eigenvalue weighted by Gasteiger charge is 2.23. The number of nitrogens with two attached hydrogens (primary N) is 1. The number of benzene rings is 1. The van der Waals surface area contributed by atoms with E-state index in [0.717, 1.165) is 0 Å². The van der Waals surface area contributed by atoms with E-state index < -0.39 is 9.84 Å². The molecule has 1 aliphatic heterocycles. The molecule has 0 amide bonds. The van der Waals surface area contributed by atoms with E-state index in [-0.39, 0.29) is 23.4 Å². The zero-order valence-electron chi connectivity index (χ0n) is 9.32. The van der Waals surface area contributed by atoms with Crippen LogP contribution in [0.1, 0.15) is 12.8 Å². The molecular formula is C11H15FN2O2S. The molecule has 3 N–H and O–H groups in total. The summed E-state index contributed by atoms with van der Waals surface area (Å²) >= 11 is 0. The third-order valence-corrected chi connectivity index (χ3v) is 4.65. The fourth-order valence-electron chi connectivity index (χ4n) is 1.91. The van der Waals surface area contributed by atoms with Crippen LogP contribution in [0.25, 0.3) is 0 Å². The third kappa shape index (κ3) is 3.09. The smallest absolute Gasteiger partial charge is 0.150 e. The third-order valence-electron chi connectivity index (χ3n) is 2.93. The Hall–Kier alpha value is -1.30. The van der Waals surface area contributed by atoms with Crippen molar-refractivity contribution in [1.29, 1.82) is 0 Å². The minimum absolute atomic E-state index is 0.0441. The molecule has 1 aliphatic rings. The van der Waals surface area contributed by atoms with Crippen LogP contribution in [0.15, 0.2) is 18.2 Å². The van der Waals surface area contributed by atoms with E-state index in [0.29, 0.717) is 24.2 Å². The summed E-state index contributed by atoms with van der Waals surface area (Å²) in [5.41, 5.74) is 6.72. The first kappa shape index (κ1) is 12.2. The molecule has 4 nitrogen and oxygen atoms in total. The predicted octanol–water partition coefficient (Wildman–Crippen LogP) is 1.40. The molecule has 1 fully saturated rings. The van der Waals surface area contributed by atoms with E-state index in [1.165, 1.54) is 18.2 Å². The van der Waals surface area contributed by atoms with Crippen molar-refractivity contribution in [3.8, 4) is 0 Å². The van der Waals surface area contributed by atoms with Crippen molar-refractivity contribution in [2.75, 3.05) is 22.6 Å². The van der Waals surface area contributed by atoms with Gasteiger partial charge < -0.3 is 11.1 Å². The van der Waals surface area contributed by atoms with Crippen molar-refractivity contribution in [2.24, 2.45) is 0 Å². The Kier molecular flexibility index (Phi) is 3.24. The second-order valence-corrected chi connectivity index (χ2v) is 6.61. The lowest BCUT2D eigenvalue weighted by atomic mass is 10.1. The lowest BCUT2D eigenvalue weighted by Crippen LogP contribution is -2.32. The Morgan fingerprint density at radius 3 is 2.59 bits per heavy atom. The summed E-state index contributed by atoms with van der Waals surface area (Å²) in [4.78, 5) is 0. The van der Waals surface area contributed by atoms with Crippen LogP contribution < -0.4 is 11.1 Å². The summed E-state index contributed by atoms with van der Waals surface area (Å²) in [6, 6.07) is 4.17. The number of hydrogen-bond donors (Lipinski definition) is 2. The fourth-order valence-corrected chi connectivity index (χ4v) is 3.40. The molecule has 0 aromatic heterocycles. The van der Waals surface area contributed by atoms with Crippen LogP contribution in [0.2, 0.25) is 0 Å². The first-order chi connectivity index (χ1) is 7.96. The van der Waals surface area contributed by atoms with Crippen LogP contribution in [-0.2, 0) is 9.84 Å². The van der Waals surface area contributed by atoms with Crippen molar-refractivity contribution in [3.05, 3.63) is 24.0 Å². The molecule has 94 valence electrons. The van der Waals surface area contributed by atoms with E-state index >= 15 is 0 Å². The Morgan fingerprint density at radius 1 is 1.29 bits per heavy atom. The Bertz CT molecular complexity index is 502. The van der Waals surface area contributed by atoms with Gasteiger partial charge in [0.1, 0.15) is 15.7 Å². The van der Waals surface area contributed by atoms with Crippen LogP contribution in [0, 0.1) is 5.82 Å². The number of nitrogens with one attached hydrogen (secondary N) is 1. The van der Waals surface area contributed by atoms with Crippen molar-refractivity contribution in [2.45, 2.75) is 18.9 Å². The lowest BCUT2D eigenvalue weighted by molar-refractivity contribution is 0.559. The second kappa shape index (κ2) is 4.52. The van der Waals surface area contributed by atoms with Gasteiger partial charge >= 0.3 is 0 Å². The zero-order valence-corrected chi connectivity index (χ0v) is 10.1. The number of nitrogen functional groups attached to an aromatic ring is 1. The van der Waals surface area contributed by atoms with Gasteiger partial charge in [-0.25, -0.2) is 12.8 Å². The number of sulfone groups is 1. The first-order valence-corrected chi connectivity index (χ1v) is 7.30. The number of rotatable bonds is 2. The highest BCUT2D eigenvalue weighted by molar-refractivity contribution is 7.91. The Morgan fingerprint density at radius 2 is 1.94 bits per heavy atom. The van der Waals surface area contributed by atoms with Gasteiger partial charge in [0.25, 0.3) is 0 Å². The predicted molar refractivity (Wildman–Crippen MR) is 66.1 cm³/mol. The monoisotopic (exact) mass is 258 g/mol. The van der Waals surface area contributed by atoms with Crippen LogP contribution in [0.3, 0.4) is 0 Å². The SMILES string of the molecule is Nc1ccc(F)cc1NC1CCS(=O)(=O)CC1. The Labute approximate surface area is 99.9 Å². The molecule has 1 aromatic carbocycles. The second-order valence-electron chi connectivity index (χ2n) is 4.30. The maximum absolute atomic E-state index is 13.0. The number of hydrogen-bond acceptors (Lipinski definition) is 4. The molecule has 2 rings (SSSR count). The molecule has 1 heterocycles. The highest BCUT2D eigenvalue weighted by atomic mass is 32.2. The van der Waals surface area contributed by atoms with Gasteiger partial charge in [0, 0.05) is 6.04 Å². The topological polar surface area (TPSA) is 72.2 Å². The van der Waals surface area contributed by atoms with Crippen molar-refractivity contribution in [1.82, 2.24) is 0 Å². The van der Waals surface area contributed by atoms with Gasteiger partial charge in [-0.3, -0.25) is 0 Å². The highest BCUT2D eigenvalue weighted by Crippen LogP contribution is 2.23. The molecule has 1 aromatic rings. The molecule has 0 saturated carbocycles. The van der Waals surface area contributed by atoms with E-state index in [1.54, 1.807) is 0 Å². The molecule has 0 radical (unpaired) electrons. The van der Waals surface area contributed by atoms with Crippen LogP contribution in [0.4, 0.5) is 15.8 Å². The van der Waals surface area contributed by atoms with Crippen molar-refractivity contribution in [3.63, 3.8) is 0 Å². The van der Waals surface area contributed by atoms with E-state index in [2.05, 4.69) is 5.32 Å². The van der Waals surface area contributed by atoms with Crippen LogP contribution in [0.5, 0.6) is 0 Å². The first-order valence-electron chi connectivity index (χ1n) is 5.48. The van der Waals surface area contributed by atoms with Gasteiger partial charge in [-0.15, -0.1) is 0 Å². The van der Waals surface area contributed by atoms with Gasteiger partial charge in [-0.2, -0.15) is 0 Å². The van der Waals surface area contributed by atoms with Gasteiger partial charge in [-0.1, -0.05) is 0 Å². The van der Waals surface area contributed by atoms with Crippen molar-refractivity contribution >= 4 is 21.2 Å². The summed E-state index contributed by atoms with van der Waals surface area (Å²) in [7, 11) is -2.87. The fraction of sp³-hybridized carbons (Fsp3) is 0.455. The minimum Gasteiger partial charge on any atom is -0.397 e. The average Bonchev–Trinajstić information content (AvgIpc) is 2.26. The largest absolute Gasteiger partial charge is 0.397 e. The minimum atomic E-state index is -2.87. The molecule has 0 spiro atoms. The molecule has 0 unspecified atom stereocenters. The summed E-state index contributed by atoms with van der Waals surface area (Å²) in [6.07, 6.45) is 1.08. The maximum Gasteiger partial charge on any atom is 0.150 e. The lowest BCUT2D eigenvalue weighted by Gasteiger charge is -2.24. The van der Waals surface area contributed by atoms with Crippen molar-refractivity contribution < 1.29 is 12.8 Å². The number of halogens is 1. The normalized spacial score (nSPS) is 20.1. The molecule has 1 saturated heterocycles. The summed E-state index contributed by atoms with van der Waals surface area (Å²) < 4.78 is 35.5. The molecule has 17 heavy (non-hydrogen) atoms. The van der Waals surface area contributed by atoms with Gasteiger partial charge in [0.05, 0.1) is 22.9 Å². The van der Waals surface area contributed by atoms with Gasteiger partial charge in [-0.05, 0) is 31.0 Å². The number of anilines is 2. The van der Waals surface area contributed by atoms with Gasteiger partial charge in [0.15, 0.2) is 0 Å². The van der Waals surface area contributed by atoms with E-state index in [4.69, 9.17) is 5.73 Å². The van der Waals surface area contributed by atoms with Crippen LogP contribution >= 0.6 is 0 Å². The molecule has 6 heteroatoms. The molecule has 0 bridgehead atoms. The average molecular weight is 258 g/mol. The summed E-state index contributed by atoms with van der Waals surface area (Å²) in [5.74, 6) is 0.00453. The quantitative estimate of drug-likeness (QED) is 0.786. The Balaban J connectivity index is 2.05. The van der Waals surface area contributed by atoms with E-state index in [9.17, 15) is 12.8 Å². The summed E-state index contributed by atoms with van der Waals surface area (Å²) in [5, 5.41) is 3.10. The van der Waals surface area contributed by atoms with Gasteiger partial charge in [0.2, 0.25) is 0 Å². The standard InChI is InChI=1S/C11H15FN2O2S/c12-8-1-2-10(13)11(7-8)14-9-3-5-17(15,16)6-4-9/h1-2,7,9,14H,3-6,13H2. The van der Waals surface area contributed by atoms with E-state index in [1.807, 2.05) is 0 Å². The van der Waals surface area contributed by atoms with Crippen LogP contribution in [-0.4, -0.2) is 26.0 Å².